The van der Waals surface area contributed by atoms with E-state index in [0.29, 0.717) is 18.4 Å². The number of anilines is 1. The van der Waals surface area contributed by atoms with Gasteiger partial charge in [0.2, 0.25) is 0 Å². The second kappa shape index (κ2) is 4.18. The molecule has 0 aliphatic heterocycles. The normalized spacial score (nSPS) is 14.0. The van der Waals surface area contributed by atoms with Crippen LogP contribution >= 0.6 is 0 Å². The SMILES string of the molecule is CC(N)CN(C)c1nc(C(C)(C)C)no1. The lowest BCUT2D eigenvalue weighted by Crippen LogP contribution is -2.33. The molecule has 0 amide bonds. The highest BCUT2D eigenvalue weighted by Gasteiger charge is 2.22. The Morgan fingerprint density at radius 3 is 2.47 bits per heavy atom. The molecule has 0 fully saturated rings. The van der Waals surface area contributed by atoms with E-state index in [4.69, 9.17) is 10.3 Å². The summed E-state index contributed by atoms with van der Waals surface area (Å²) in [5, 5.41) is 3.95. The lowest BCUT2D eigenvalue weighted by molar-refractivity contribution is 0.392. The molecular formula is C10H20N4O. The van der Waals surface area contributed by atoms with Crippen molar-refractivity contribution < 1.29 is 4.52 Å². The highest BCUT2D eigenvalue weighted by Crippen LogP contribution is 2.21. The van der Waals surface area contributed by atoms with Gasteiger partial charge in [0, 0.05) is 25.0 Å². The van der Waals surface area contributed by atoms with Gasteiger partial charge in [-0.3, -0.25) is 0 Å². The van der Waals surface area contributed by atoms with Crippen molar-refractivity contribution in [2.45, 2.75) is 39.2 Å². The Labute approximate surface area is 90.6 Å². The number of hydrogen-bond donors (Lipinski definition) is 1. The molecule has 0 aliphatic carbocycles. The lowest BCUT2D eigenvalue weighted by Gasteiger charge is -2.16. The molecule has 0 bridgehead atoms. The smallest absolute Gasteiger partial charge is 0.323 e. The Balaban J connectivity index is 2.76. The number of nitrogens with two attached hydrogens (primary N) is 1. The maximum absolute atomic E-state index is 5.69. The van der Waals surface area contributed by atoms with E-state index in [1.807, 2.05) is 39.6 Å². The third kappa shape index (κ3) is 3.20. The maximum atomic E-state index is 5.69. The fraction of sp³-hybridized carbons (Fsp3) is 0.800. The Hall–Kier alpha value is -1.10. The first-order valence-electron chi connectivity index (χ1n) is 5.11. The van der Waals surface area contributed by atoms with Gasteiger partial charge in [0.05, 0.1) is 0 Å². The minimum atomic E-state index is -0.0864. The zero-order chi connectivity index (χ0) is 11.6. The molecular weight excluding hydrogens is 192 g/mol. The third-order valence-corrected chi connectivity index (χ3v) is 1.97. The number of hydrogen-bond acceptors (Lipinski definition) is 5. The molecule has 0 saturated carbocycles. The Morgan fingerprint density at radius 1 is 1.47 bits per heavy atom. The van der Waals surface area contributed by atoms with Gasteiger partial charge in [-0.2, -0.15) is 4.98 Å². The van der Waals surface area contributed by atoms with Gasteiger partial charge < -0.3 is 15.2 Å². The van der Waals surface area contributed by atoms with Gasteiger partial charge >= 0.3 is 6.01 Å². The molecule has 0 aliphatic rings. The van der Waals surface area contributed by atoms with Gasteiger partial charge in [0.1, 0.15) is 0 Å². The van der Waals surface area contributed by atoms with Crippen molar-refractivity contribution in [1.82, 2.24) is 10.1 Å². The summed E-state index contributed by atoms with van der Waals surface area (Å²) in [5.41, 5.74) is 5.61. The number of nitrogens with zero attached hydrogens (tertiary/aromatic N) is 3. The van der Waals surface area contributed by atoms with E-state index in [2.05, 4.69) is 10.1 Å². The van der Waals surface area contributed by atoms with Gasteiger partial charge in [-0.15, -0.1) is 0 Å². The van der Waals surface area contributed by atoms with Gasteiger partial charge in [-0.25, -0.2) is 0 Å². The van der Waals surface area contributed by atoms with E-state index < -0.39 is 0 Å². The highest BCUT2D eigenvalue weighted by molar-refractivity contribution is 5.24. The first-order valence-corrected chi connectivity index (χ1v) is 5.11. The quantitative estimate of drug-likeness (QED) is 0.814. The molecule has 0 aromatic carbocycles. The lowest BCUT2D eigenvalue weighted by atomic mass is 9.96. The molecule has 0 spiro atoms. The highest BCUT2D eigenvalue weighted by atomic mass is 16.5. The molecule has 5 heteroatoms. The molecule has 1 rings (SSSR count). The molecule has 1 unspecified atom stereocenters. The van der Waals surface area contributed by atoms with Gasteiger partial charge in [0.25, 0.3) is 0 Å². The van der Waals surface area contributed by atoms with Crippen LogP contribution < -0.4 is 10.6 Å². The maximum Gasteiger partial charge on any atom is 0.323 e. The average molecular weight is 212 g/mol. The fourth-order valence-corrected chi connectivity index (χ4v) is 1.19. The van der Waals surface area contributed by atoms with Crippen molar-refractivity contribution in [2.75, 3.05) is 18.5 Å². The van der Waals surface area contributed by atoms with E-state index in [1.54, 1.807) is 0 Å². The largest absolute Gasteiger partial charge is 0.326 e. The molecule has 5 nitrogen and oxygen atoms in total. The van der Waals surface area contributed by atoms with Crippen LogP contribution in [0.15, 0.2) is 4.52 Å². The van der Waals surface area contributed by atoms with Crippen molar-refractivity contribution in [3.63, 3.8) is 0 Å². The number of aromatic nitrogens is 2. The van der Waals surface area contributed by atoms with Crippen molar-refractivity contribution in [3.05, 3.63) is 5.82 Å². The van der Waals surface area contributed by atoms with Crippen LogP contribution in [0.4, 0.5) is 6.01 Å². The minimum Gasteiger partial charge on any atom is -0.326 e. The summed E-state index contributed by atoms with van der Waals surface area (Å²) < 4.78 is 5.16. The number of likely N-dealkylation sites (N-methyl/N-ethyl adjacent to an activating group) is 1. The van der Waals surface area contributed by atoms with Crippen LogP contribution in [0.3, 0.4) is 0 Å². The van der Waals surface area contributed by atoms with Crippen LogP contribution in [0.2, 0.25) is 0 Å². The summed E-state index contributed by atoms with van der Waals surface area (Å²) in [6.45, 7) is 8.79. The first kappa shape index (κ1) is 12.0. The second-order valence-electron chi connectivity index (χ2n) is 5.01. The average Bonchev–Trinajstić information content (AvgIpc) is 2.48. The zero-order valence-corrected chi connectivity index (χ0v) is 10.1. The predicted octanol–water partition coefficient (Wildman–Crippen LogP) is 1.15. The zero-order valence-electron chi connectivity index (χ0n) is 10.1. The van der Waals surface area contributed by atoms with E-state index in [-0.39, 0.29) is 11.5 Å². The van der Waals surface area contributed by atoms with Crippen molar-refractivity contribution >= 4 is 6.01 Å². The topological polar surface area (TPSA) is 68.2 Å². The van der Waals surface area contributed by atoms with E-state index in [0.717, 1.165) is 0 Å². The van der Waals surface area contributed by atoms with Crippen LogP contribution in [-0.4, -0.2) is 29.8 Å². The molecule has 1 atom stereocenters. The van der Waals surface area contributed by atoms with Crippen LogP contribution in [0.25, 0.3) is 0 Å². The molecule has 0 radical (unpaired) electrons. The second-order valence-corrected chi connectivity index (χ2v) is 5.01. The van der Waals surface area contributed by atoms with Gasteiger partial charge in [-0.1, -0.05) is 25.9 Å². The van der Waals surface area contributed by atoms with Crippen LogP contribution in [0.5, 0.6) is 0 Å². The van der Waals surface area contributed by atoms with E-state index >= 15 is 0 Å². The molecule has 1 heterocycles. The molecule has 1 aromatic heterocycles. The fourth-order valence-electron chi connectivity index (χ4n) is 1.19. The molecule has 1 aromatic rings. The Bertz CT molecular complexity index is 313. The van der Waals surface area contributed by atoms with Gasteiger partial charge in [0.15, 0.2) is 5.82 Å². The first-order chi connectivity index (χ1) is 6.80. The molecule has 0 saturated heterocycles. The summed E-state index contributed by atoms with van der Waals surface area (Å²) in [4.78, 5) is 6.20. The molecule has 86 valence electrons. The van der Waals surface area contributed by atoms with E-state index in [9.17, 15) is 0 Å². The summed E-state index contributed by atoms with van der Waals surface area (Å²) in [5.74, 6) is 0.717. The Morgan fingerprint density at radius 2 is 2.07 bits per heavy atom. The predicted molar refractivity (Wildman–Crippen MR) is 59.9 cm³/mol. The summed E-state index contributed by atoms with van der Waals surface area (Å²) in [6.07, 6.45) is 0. The number of rotatable bonds is 3. The van der Waals surface area contributed by atoms with E-state index in [1.165, 1.54) is 0 Å². The standard InChI is InChI=1S/C10H20N4O/c1-7(11)6-14(5)9-12-8(13-15-9)10(2,3)4/h7H,6,11H2,1-5H3. The summed E-state index contributed by atoms with van der Waals surface area (Å²) in [6, 6.07) is 0.609. The molecule has 2 N–H and O–H groups in total. The van der Waals surface area contributed by atoms with Crippen molar-refractivity contribution in [3.8, 4) is 0 Å². The van der Waals surface area contributed by atoms with Crippen molar-refractivity contribution in [1.29, 1.82) is 0 Å². The monoisotopic (exact) mass is 212 g/mol. The minimum absolute atomic E-state index is 0.0833. The molecule has 15 heavy (non-hydrogen) atoms. The Kier molecular flexibility index (Phi) is 3.34. The van der Waals surface area contributed by atoms with Crippen molar-refractivity contribution in [2.24, 2.45) is 5.73 Å². The van der Waals surface area contributed by atoms with Crippen LogP contribution in [0, 0.1) is 0 Å². The van der Waals surface area contributed by atoms with Crippen LogP contribution in [0.1, 0.15) is 33.5 Å². The third-order valence-electron chi connectivity index (χ3n) is 1.97. The van der Waals surface area contributed by atoms with Gasteiger partial charge in [-0.05, 0) is 6.92 Å². The summed E-state index contributed by atoms with van der Waals surface area (Å²) in [7, 11) is 1.89. The van der Waals surface area contributed by atoms with Crippen LogP contribution in [-0.2, 0) is 5.41 Å². The summed E-state index contributed by atoms with van der Waals surface area (Å²) >= 11 is 0.